The van der Waals surface area contributed by atoms with Crippen molar-refractivity contribution < 1.29 is 9.53 Å². The molecule has 1 saturated carbocycles. The third-order valence-corrected chi connectivity index (χ3v) is 3.16. The van der Waals surface area contributed by atoms with E-state index in [-0.39, 0.29) is 18.2 Å². The molecule has 1 heterocycles. The molecule has 0 spiro atoms. The summed E-state index contributed by atoms with van der Waals surface area (Å²) in [4.78, 5) is 13.7. The van der Waals surface area contributed by atoms with Crippen LogP contribution in [0.3, 0.4) is 0 Å². The smallest absolute Gasteiger partial charge is 0.410 e. The van der Waals surface area contributed by atoms with Crippen LogP contribution in [0.25, 0.3) is 0 Å². The van der Waals surface area contributed by atoms with Gasteiger partial charge in [-0.3, -0.25) is 0 Å². The lowest BCUT2D eigenvalue weighted by Crippen LogP contribution is -2.49. The maximum atomic E-state index is 11.8. The summed E-state index contributed by atoms with van der Waals surface area (Å²) < 4.78 is 5.35. The van der Waals surface area contributed by atoms with Crippen molar-refractivity contribution >= 4 is 6.09 Å². The van der Waals surface area contributed by atoms with E-state index in [0.717, 1.165) is 19.4 Å². The van der Waals surface area contributed by atoms with Crippen LogP contribution in [0.1, 0.15) is 33.6 Å². The Kier molecular flexibility index (Phi) is 2.41. The highest BCUT2D eigenvalue weighted by atomic mass is 16.6. The predicted molar refractivity (Wildman–Crippen MR) is 57.4 cm³/mol. The van der Waals surface area contributed by atoms with E-state index < -0.39 is 5.60 Å². The zero-order valence-electron chi connectivity index (χ0n) is 9.69. The first-order valence-electron chi connectivity index (χ1n) is 5.62. The first-order chi connectivity index (χ1) is 6.87. The monoisotopic (exact) mass is 212 g/mol. The third-order valence-electron chi connectivity index (χ3n) is 3.16. The zero-order valence-corrected chi connectivity index (χ0v) is 9.69. The van der Waals surface area contributed by atoms with Crippen molar-refractivity contribution in [2.24, 2.45) is 11.7 Å². The van der Waals surface area contributed by atoms with Gasteiger partial charge >= 0.3 is 6.09 Å². The predicted octanol–water partition coefficient (Wildman–Crippen LogP) is 1.34. The summed E-state index contributed by atoms with van der Waals surface area (Å²) in [5.74, 6) is 0.595. The molecule has 4 nitrogen and oxygen atoms in total. The molecule has 4 heteroatoms. The number of fused-ring (bicyclic) bond motifs is 2. The van der Waals surface area contributed by atoms with Crippen LogP contribution in [0.4, 0.5) is 4.79 Å². The van der Waals surface area contributed by atoms with E-state index in [1.54, 1.807) is 0 Å². The van der Waals surface area contributed by atoms with Crippen molar-refractivity contribution in [3.05, 3.63) is 0 Å². The first kappa shape index (κ1) is 10.7. The highest BCUT2D eigenvalue weighted by Crippen LogP contribution is 2.37. The Morgan fingerprint density at radius 2 is 2.07 bits per heavy atom. The van der Waals surface area contributed by atoms with Gasteiger partial charge in [0, 0.05) is 12.6 Å². The van der Waals surface area contributed by atoms with Gasteiger partial charge in [0.2, 0.25) is 0 Å². The Balaban J connectivity index is 1.98. The van der Waals surface area contributed by atoms with E-state index in [1.807, 2.05) is 25.7 Å². The average Bonchev–Trinajstić information content (AvgIpc) is 2.58. The SMILES string of the molecule is CC(C)(C)OC(=O)N1C[C@@H]2C[C@@H]1[C@@H](N)C2. The maximum Gasteiger partial charge on any atom is 0.410 e. The van der Waals surface area contributed by atoms with Crippen LogP contribution in [0, 0.1) is 5.92 Å². The Bertz CT molecular complexity index is 272. The summed E-state index contributed by atoms with van der Waals surface area (Å²) >= 11 is 0. The molecule has 2 bridgehead atoms. The molecule has 0 aromatic heterocycles. The molecule has 1 saturated heterocycles. The minimum absolute atomic E-state index is 0.149. The Morgan fingerprint density at radius 3 is 2.53 bits per heavy atom. The molecule has 15 heavy (non-hydrogen) atoms. The fourth-order valence-electron chi connectivity index (χ4n) is 2.61. The minimum atomic E-state index is -0.414. The standard InChI is InChI=1S/C11H20N2O2/c1-11(2,3)15-10(14)13-6-7-4-8(12)9(13)5-7/h7-9H,4-6,12H2,1-3H3/t7-,8-,9+/m0/s1. The normalized spacial score (nSPS) is 34.7. The highest BCUT2D eigenvalue weighted by molar-refractivity contribution is 5.69. The fourth-order valence-corrected chi connectivity index (χ4v) is 2.61. The molecule has 0 aromatic carbocycles. The van der Waals surface area contributed by atoms with Gasteiger partial charge in [-0.1, -0.05) is 0 Å². The van der Waals surface area contributed by atoms with Crippen LogP contribution in [0.15, 0.2) is 0 Å². The Labute approximate surface area is 90.8 Å². The van der Waals surface area contributed by atoms with E-state index in [9.17, 15) is 4.79 Å². The fraction of sp³-hybridized carbons (Fsp3) is 0.909. The van der Waals surface area contributed by atoms with Crippen LogP contribution in [-0.2, 0) is 4.74 Å². The largest absolute Gasteiger partial charge is 0.444 e. The van der Waals surface area contributed by atoms with Gasteiger partial charge in [0.15, 0.2) is 0 Å². The molecular formula is C11H20N2O2. The molecule has 0 unspecified atom stereocenters. The zero-order chi connectivity index (χ0) is 11.2. The molecular weight excluding hydrogens is 192 g/mol. The minimum Gasteiger partial charge on any atom is -0.444 e. The number of likely N-dealkylation sites (tertiary alicyclic amines) is 1. The van der Waals surface area contributed by atoms with Gasteiger partial charge in [0.25, 0.3) is 0 Å². The molecule has 3 atom stereocenters. The number of carbonyl (C=O) groups is 1. The number of hydrogen-bond acceptors (Lipinski definition) is 3. The molecule has 2 fully saturated rings. The number of carbonyl (C=O) groups excluding carboxylic acids is 1. The van der Waals surface area contributed by atoms with Gasteiger partial charge in [-0.25, -0.2) is 4.79 Å². The van der Waals surface area contributed by atoms with Crippen molar-refractivity contribution in [2.75, 3.05) is 6.54 Å². The molecule has 0 aromatic rings. The first-order valence-corrected chi connectivity index (χ1v) is 5.62. The highest BCUT2D eigenvalue weighted by Gasteiger charge is 2.46. The lowest BCUT2D eigenvalue weighted by molar-refractivity contribution is 0.0172. The summed E-state index contributed by atoms with van der Waals surface area (Å²) in [6, 6.07) is 0.362. The second-order valence-electron chi connectivity index (χ2n) is 5.70. The van der Waals surface area contributed by atoms with Crippen LogP contribution < -0.4 is 5.73 Å². The van der Waals surface area contributed by atoms with Gasteiger partial charge < -0.3 is 15.4 Å². The van der Waals surface area contributed by atoms with Gasteiger partial charge in [-0.2, -0.15) is 0 Å². The van der Waals surface area contributed by atoms with Gasteiger partial charge in [-0.05, 0) is 39.5 Å². The molecule has 0 radical (unpaired) electrons. The van der Waals surface area contributed by atoms with Crippen molar-refractivity contribution in [3.8, 4) is 0 Å². The van der Waals surface area contributed by atoms with Crippen LogP contribution in [0.5, 0.6) is 0 Å². The van der Waals surface area contributed by atoms with Crippen molar-refractivity contribution in [1.29, 1.82) is 0 Å². The van der Waals surface area contributed by atoms with E-state index in [4.69, 9.17) is 10.5 Å². The van der Waals surface area contributed by atoms with Gasteiger partial charge in [0.05, 0.1) is 6.04 Å². The number of nitrogens with two attached hydrogens (primary N) is 1. The third kappa shape index (κ3) is 2.09. The summed E-state index contributed by atoms with van der Waals surface area (Å²) in [6.45, 7) is 6.49. The number of amides is 1. The summed E-state index contributed by atoms with van der Waals surface area (Å²) in [7, 11) is 0. The second-order valence-corrected chi connectivity index (χ2v) is 5.70. The lowest BCUT2D eigenvalue weighted by Gasteiger charge is -2.33. The number of ether oxygens (including phenoxy) is 1. The molecule has 2 N–H and O–H groups in total. The summed E-state index contributed by atoms with van der Waals surface area (Å²) in [5.41, 5.74) is 5.55. The topological polar surface area (TPSA) is 55.6 Å². The van der Waals surface area contributed by atoms with Crippen molar-refractivity contribution in [3.63, 3.8) is 0 Å². The lowest BCUT2D eigenvalue weighted by atomic mass is 10.1. The van der Waals surface area contributed by atoms with Crippen LogP contribution >= 0.6 is 0 Å². The summed E-state index contributed by atoms with van der Waals surface area (Å²) in [5, 5.41) is 0. The van der Waals surface area contributed by atoms with Crippen LogP contribution in [0.2, 0.25) is 0 Å². The van der Waals surface area contributed by atoms with E-state index >= 15 is 0 Å². The molecule has 2 rings (SSSR count). The molecule has 86 valence electrons. The number of rotatable bonds is 0. The van der Waals surface area contributed by atoms with E-state index in [2.05, 4.69) is 0 Å². The van der Waals surface area contributed by atoms with Crippen LogP contribution in [-0.4, -0.2) is 35.2 Å². The molecule has 1 aliphatic carbocycles. The Morgan fingerprint density at radius 1 is 1.40 bits per heavy atom. The van der Waals surface area contributed by atoms with Crippen molar-refractivity contribution in [1.82, 2.24) is 4.90 Å². The molecule has 2 aliphatic rings. The summed E-state index contributed by atoms with van der Waals surface area (Å²) in [6.07, 6.45) is 1.91. The van der Waals surface area contributed by atoms with E-state index in [1.165, 1.54) is 0 Å². The quantitative estimate of drug-likeness (QED) is 0.659. The van der Waals surface area contributed by atoms with E-state index in [0.29, 0.717) is 5.92 Å². The van der Waals surface area contributed by atoms with Gasteiger partial charge in [0.1, 0.15) is 5.60 Å². The van der Waals surface area contributed by atoms with Gasteiger partial charge in [-0.15, -0.1) is 0 Å². The molecule has 1 aliphatic heterocycles. The second kappa shape index (κ2) is 3.37. The number of nitrogens with zero attached hydrogens (tertiary/aromatic N) is 1. The van der Waals surface area contributed by atoms with Crippen molar-refractivity contribution in [2.45, 2.75) is 51.3 Å². The Hall–Kier alpha value is -0.770. The number of hydrogen-bond donors (Lipinski definition) is 1. The maximum absolute atomic E-state index is 11.8. The molecule has 1 amide bonds. The average molecular weight is 212 g/mol. The number of piperidine rings is 1.